The lowest BCUT2D eigenvalue weighted by molar-refractivity contribution is -0.130. The molecular weight excluding hydrogens is 358 g/mol. The number of para-hydroxylation sites is 1. The average molecular weight is 379 g/mol. The van der Waals surface area contributed by atoms with E-state index in [9.17, 15) is 9.59 Å². The molecule has 8 nitrogen and oxygen atoms in total. The van der Waals surface area contributed by atoms with Crippen molar-refractivity contribution in [3.05, 3.63) is 57.9 Å². The third-order valence-corrected chi connectivity index (χ3v) is 5.07. The van der Waals surface area contributed by atoms with Gasteiger partial charge >= 0.3 is 0 Å². The molecule has 0 radical (unpaired) electrons. The molecule has 4 rings (SSSR count). The summed E-state index contributed by atoms with van der Waals surface area (Å²) in [5.41, 5.74) is 2.93. The number of amides is 1. The quantitative estimate of drug-likeness (QED) is 0.688. The van der Waals surface area contributed by atoms with Crippen LogP contribution < -0.4 is 5.56 Å². The number of hydrogen-bond donors (Lipinski definition) is 0. The summed E-state index contributed by atoms with van der Waals surface area (Å²) in [6, 6.07) is 7.51. The fourth-order valence-corrected chi connectivity index (χ4v) is 3.53. The van der Waals surface area contributed by atoms with Gasteiger partial charge in [-0.05, 0) is 25.1 Å². The average Bonchev–Trinajstić information content (AvgIpc) is 3.12. The standard InChI is InChI=1S/C20H21N5O3/c1-3-18-21-20(27)15-6-4-5-7-17(15)25(18)14-8-10-24(11-9-14)19(26)12-16-13(2)22-28-23-16/h4-8H,3,9-12H2,1-2H3. The van der Waals surface area contributed by atoms with Gasteiger partial charge in [0.2, 0.25) is 5.91 Å². The first-order valence-corrected chi connectivity index (χ1v) is 9.34. The summed E-state index contributed by atoms with van der Waals surface area (Å²) in [5.74, 6) is 0.728. The molecule has 0 spiro atoms. The van der Waals surface area contributed by atoms with Crippen molar-refractivity contribution in [3.63, 3.8) is 0 Å². The van der Waals surface area contributed by atoms with Gasteiger partial charge in [-0.2, -0.15) is 4.98 Å². The normalized spacial score (nSPS) is 14.4. The lowest BCUT2D eigenvalue weighted by Crippen LogP contribution is -2.36. The van der Waals surface area contributed by atoms with E-state index in [-0.39, 0.29) is 17.9 Å². The molecule has 0 fully saturated rings. The predicted octanol–water partition coefficient (Wildman–Crippen LogP) is 1.97. The summed E-state index contributed by atoms with van der Waals surface area (Å²) in [4.78, 5) is 30.9. The fraction of sp³-hybridized carbons (Fsp3) is 0.350. The predicted molar refractivity (Wildman–Crippen MR) is 104 cm³/mol. The van der Waals surface area contributed by atoms with Gasteiger partial charge in [0, 0.05) is 31.6 Å². The van der Waals surface area contributed by atoms with E-state index < -0.39 is 0 Å². The topological polar surface area (TPSA) is 94.1 Å². The molecule has 0 bridgehead atoms. The van der Waals surface area contributed by atoms with E-state index in [1.807, 2.05) is 31.2 Å². The zero-order chi connectivity index (χ0) is 19.7. The molecule has 0 atom stereocenters. The molecule has 3 heterocycles. The Bertz CT molecular complexity index is 1130. The van der Waals surface area contributed by atoms with Gasteiger partial charge in [0.1, 0.15) is 17.2 Å². The molecule has 0 N–H and O–H groups in total. The van der Waals surface area contributed by atoms with Crippen molar-refractivity contribution in [2.75, 3.05) is 13.1 Å². The van der Waals surface area contributed by atoms with Crippen molar-refractivity contribution in [1.29, 1.82) is 0 Å². The Morgan fingerprint density at radius 3 is 2.75 bits per heavy atom. The first kappa shape index (κ1) is 18.1. The minimum Gasteiger partial charge on any atom is -0.338 e. The Morgan fingerprint density at radius 1 is 1.25 bits per heavy atom. The third kappa shape index (κ3) is 3.21. The van der Waals surface area contributed by atoms with Gasteiger partial charge in [-0.3, -0.25) is 9.59 Å². The van der Waals surface area contributed by atoms with E-state index in [1.54, 1.807) is 17.9 Å². The summed E-state index contributed by atoms with van der Waals surface area (Å²) in [6.45, 7) is 4.86. The number of rotatable bonds is 4. The highest BCUT2D eigenvalue weighted by Gasteiger charge is 2.22. The van der Waals surface area contributed by atoms with Gasteiger partial charge in [-0.15, -0.1) is 0 Å². The van der Waals surface area contributed by atoms with Gasteiger partial charge in [-0.25, -0.2) is 4.63 Å². The smallest absolute Gasteiger partial charge is 0.280 e. The maximum absolute atomic E-state index is 12.6. The Kier molecular flexibility index (Phi) is 4.77. The highest BCUT2D eigenvalue weighted by atomic mass is 16.6. The zero-order valence-electron chi connectivity index (χ0n) is 15.9. The number of aryl methyl sites for hydroxylation is 2. The zero-order valence-corrected chi connectivity index (χ0v) is 15.9. The summed E-state index contributed by atoms with van der Waals surface area (Å²) in [6.07, 6.45) is 3.55. The molecule has 0 saturated heterocycles. The molecule has 144 valence electrons. The van der Waals surface area contributed by atoms with Crippen LogP contribution in [-0.2, 0) is 17.6 Å². The highest BCUT2D eigenvalue weighted by molar-refractivity contribution is 5.82. The Labute approximate surface area is 161 Å². The SMILES string of the molecule is CCc1nc(=O)c2ccccc2n1C1=CCN(C(=O)Cc2nonc2C)CC1. The first-order chi connectivity index (χ1) is 13.6. The summed E-state index contributed by atoms with van der Waals surface area (Å²) >= 11 is 0. The second kappa shape index (κ2) is 7.38. The molecule has 28 heavy (non-hydrogen) atoms. The van der Waals surface area contributed by atoms with Crippen LogP contribution in [0.15, 0.2) is 39.8 Å². The number of hydrogen-bond acceptors (Lipinski definition) is 6. The van der Waals surface area contributed by atoms with Crippen LogP contribution in [0.1, 0.15) is 30.6 Å². The minimum atomic E-state index is -0.200. The number of aromatic nitrogens is 4. The highest BCUT2D eigenvalue weighted by Crippen LogP contribution is 2.23. The van der Waals surface area contributed by atoms with Crippen LogP contribution in [0, 0.1) is 6.92 Å². The Hall–Kier alpha value is -3.29. The van der Waals surface area contributed by atoms with E-state index in [2.05, 4.69) is 24.5 Å². The monoisotopic (exact) mass is 379 g/mol. The first-order valence-electron chi connectivity index (χ1n) is 9.34. The molecular formula is C20H21N5O3. The Balaban J connectivity index is 1.62. The molecule has 1 amide bonds. The van der Waals surface area contributed by atoms with Crippen molar-refractivity contribution in [2.24, 2.45) is 0 Å². The molecule has 0 saturated carbocycles. The van der Waals surface area contributed by atoms with Gasteiger partial charge in [-0.1, -0.05) is 29.4 Å². The number of fused-ring (bicyclic) bond motifs is 1. The van der Waals surface area contributed by atoms with Crippen molar-refractivity contribution in [2.45, 2.75) is 33.1 Å². The fourth-order valence-electron chi connectivity index (χ4n) is 3.53. The van der Waals surface area contributed by atoms with Gasteiger partial charge in [0.05, 0.1) is 17.3 Å². The van der Waals surface area contributed by atoms with E-state index >= 15 is 0 Å². The van der Waals surface area contributed by atoms with Crippen molar-refractivity contribution < 1.29 is 9.42 Å². The molecule has 2 aromatic heterocycles. The molecule has 1 aromatic carbocycles. The van der Waals surface area contributed by atoms with Crippen LogP contribution in [0.2, 0.25) is 0 Å². The van der Waals surface area contributed by atoms with Crippen LogP contribution in [0.5, 0.6) is 0 Å². The lowest BCUT2D eigenvalue weighted by atomic mass is 10.1. The second-order valence-electron chi connectivity index (χ2n) is 6.80. The number of carbonyl (C=O) groups is 1. The maximum Gasteiger partial charge on any atom is 0.280 e. The van der Waals surface area contributed by atoms with Crippen LogP contribution in [-0.4, -0.2) is 43.8 Å². The van der Waals surface area contributed by atoms with Gasteiger partial charge in [0.15, 0.2) is 0 Å². The van der Waals surface area contributed by atoms with E-state index in [1.165, 1.54) is 0 Å². The molecule has 1 aliphatic rings. The van der Waals surface area contributed by atoms with Gasteiger partial charge < -0.3 is 9.47 Å². The van der Waals surface area contributed by atoms with Crippen molar-refractivity contribution >= 4 is 22.5 Å². The molecule has 1 aliphatic heterocycles. The summed E-state index contributed by atoms with van der Waals surface area (Å²) in [7, 11) is 0. The molecule has 3 aromatic rings. The van der Waals surface area contributed by atoms with E-state index in [0.717, 1.165) is 17.0 Å². The number of nitrogens with zero attached hydrogens (tertiary/aromatic N) is 5. The van der Waals surface area contributed by atoms with Crippen LogP contribution in [0.4, 0.5) is 0 Å². The van der Waals surface area contributed by atoms with Crippen molar-refractivity contribution in [3.8, 4) is 0 Å². The second-order valence-corrected chi connectivity index (χ2v) is 6.80. The van der Waals surface area contributed by atoms with Crippen molar-refractivity contribution in [1.82, 2.24) is 24.8 Å². The summed E-state index contributed by atoms with van der Waals surface area (Å²) < 4.78 is 6.73. The van der Waals surface area contributed by atoms with Crippen LogP contribution >= 0.6 is 0 Å². The minimum absolute atomic E-state index is 0.00676. The third-order valence-electron chi connectivity index (χ3n) is 5.07. The largest absolute Gasteiger partial charge is 0.338 e. The van der Waals surface area contributed by atoms with Crippen LogP contribution in [0.3, 0.4) is 0 Å². The maximum atomic E-state index is 12.6. The lowest BCUT2D eigenvalue weighted by Gasteiger charge is -2.28. The Morgan fingerprint density at radius 2 is 2.07 bits per heavy atom. The summed E-state index contributed by atoms with van der Waals surface area (Å²) in [5, 5.41) is 8.11. The van der Waals surface area contributed by atoms with Gasteiger partial charge in [0.25, 0.3) is 5.56 Å². The molecule has 0 aliphatic carbocycles. The molecule has 8 heteroatoms. The molecule has 0 unspecified atom stereocenters. The van der Waals surface area contributed by atoms with Crippen LogP contribution in [0.25, 0.3) is 16.6 Å². The van der Waals surface area contributed by atoms with E-state index in [4.69, 9.17) is 0 Å². The van der Waals surface area contributed by atoms with E-state index in [0.29, 0.717) is 42.7 Å². The number of benzene rings is 1. The number of carbonyl (C=O) groups excluding carboxylic acids is 1.